The smallest absolute Gasteiger partial charge is 0.229 e. The number of sulfonamides is 1. The summed E-state index contributed by atoms with van der Waals surface area (Å²) in [6, 6.07) is 6.12. The Bertz CT molecular complexity index is 985. The predicted molar refractivity (Wildman–Crippen MR) is 88.8 cm³/mol. The molecule has 0 unspecified atom stereocenters. The molecule has 24 heavy (non-hydrogen) atoms. The molecule has 0 spiro atoms. The Morgan fingerprint density at radius 2 is 1.79 bits per heavy atom. The third-order valence-corrected chi connectivity index (χ3v) is 4.94. The number of ketones is 1. The van der Waals surface area contributed by atoms with Crippen LogP contribution in [-0.4, -0.2) is 20.5 Å². The van der Waals surface area contributed by atoms with Crippen molar-refractivity contribution >= 4 is 39.3 Å². The lowest BCUT2D eigenvalue weighted by Gasteiger charge is -2.13. The van der Waals surface area contributed by atoms with Crippen molar-refractivity contribution in [2.24, 2.45) is 0 Å². The molecule has 0 saturated carbocycles. The Labute approximate surface area is 141 Å². The van der Waals surface area contributed by atoms with Crippen LogP contribution in [0.3, 0.4) is 0 Å². The molecule has 0 radical (unpaired) electrons. The number of halogens is 2. The van der Waals surface area contributed by atoms with Crippen LogP contribution < -0.4 is 4.72 Å². The summed E-state index contributed by atoms with van der Waals surface area (Å²) in [6.07, 6.45) is 3.95. The van der Waals surface area contributed by atoms with Gasteiger partial charge in [0.05, 0.1) is 11.9 Å². The number of nitrogens with one attached hydrogen (secondary N) is 1. The predicted octanol–water partition coefficient (Wildman–Crippen LogP) is 3.70. The Morgan fingerprint density at radius 3 is 2.46 bits per heavy atom. The highest BCUT2D eigenvalue weighted by molar-refractivity contribution is 7.99. The third kappa shape index (κ3) is 3.49. The van der Waals surface area contributed by atoms with Gasteiger partial charge in [-0.1, -0.05) is 17.8 Å². The number of fused-ring (bicyclic) bond motifs is 1. The molecule has 1 aliphatic carbocycles. The lowest BCUT2D eigenvalue weighted by Crippen LogP contribution is -2.11. The molecule has 4 nitrogen and oxygen atoms in total. The summed E-state index contributed by atoms with van der Waals surface area (Å²) in [6.45, 7) is 0. The van der Waals surface area contributed by atoms with Gasteiger partial charge in [-0.2, -0.15) is 0 Å². The maximum atomic E-state index is 13.9. The molecule has 0 fully saturated rings. The van der Waals surface area contributed by atoms with Gasteiger partial charge in [0.1, 0.15) is 11.6 Å². The van der Waals surface area contributed by atoms with Gasteiger partial charge >= 0.3 is 0 Å². The van der Waals surface area contributed by atoms with Crippen LogP contribution >= 0.6 is 11.8 Å². The molecule has 0 saturated heterocycles. The van der Waals surface area contributed by atoms with Crippen LogP contribution in [0, 0.1) is 11.6 Å². The largest absolute Gasteiger partial charge is 0.289 e. The van der Waals surface area contributed by atoms with Crippen molar-refractivity contribution in [2.45, 2.75) is 9.79 Å². The lowest BCUT2D eigenvalue weighted by atomic mass is 10.1. The fourth-order valence-corrected chi connectivity index (χ4v) is 3.80. The van der Waals surface area contributed by atoms with E-state index < -0.39 is 21.7 Å². The molecule has 0 amide bonds. The highest BCUT2D eigenvalue weighted by Crippen LogP contribution is 2.38. The second kappa shape index (κ2) is 6.03. The zero-order valence-electron chi connectivity index (χ0n) is 12.3. The molecule has 1 N–H and O–H groups in total. The zero-order valence-corrected chi connectivity index (χ0v) is 14.0. The maximum Gasteiger partial charge on any atom is 0.229 e. The van der Waals surface area contributed by atoms with Gasteiger partial charge in [-0.25, -0.2) is 17.2 Å². The first-order chi connectivity index (χ1) is 11.2. The van der Waals surface area contributed by atoms with E-state index in [1.54, 1.807) is 6.08 Å². The number of allylic oxidation sites excluding steroid dienone is 1. The second-order valence-electron chi connectivity index (χ2n) is 5.18. The monoisotopic (exact) mass is 367 g/mol. The number of carbonyl (C=O) groups excluding carboxylic acids is 1. The van der Waals surface area contributed by atoms with Gasteiger partial charge < -0.3 is 0 Å². The minimum absolute atomic E-state index is 0.117. The summed E-state index contributed by atoms with van der Waals surface area (Å²) >= 11 is 0.910. The van der Waals surface area contributed by atoms with Gasteiger partial charge in [-0.05, 0) is 35.9 Å². The summed E-state index contributed by atoms with van der Waals surface area (Å²) in [4.78, 5) is 12.3. The molecular formula is C16H11F2NO3S2. The Balaban J connectivity index is 2.08. The van der Waals surface area contributed by atoms with Crippen molar-refractivity contribution in [2.75, 3.05) is 11.0 Å². The van der Waals surface area contributed by atoms with E-state index in [9.17, 15) is 22.0 Å². The van der Waals surface area contributed by atoms with E-state index >= 15 is 0 Å². The third-order valence-electron chi connectivity index (χ3n) is 3.24. The summed E-state index contributed by atoms with van der Waals surface area (Å²) < 4.78 is 52.4. The van der Waals surface area contributed by atoms with E-state index in [0.29, 0.717) is 16.0 Å². The molecule has 0 heterocycles. The van der Waals surface area contributed by atoms with Gasteiger partial charge in [0.2, 0.25) is 10.0 Å². The highest BCUT2D eigenvalue weighted by Gasteiger charge is 2.20. The van der Waals surface area contributed by atoms with Crippen molar-refractivity contribution < 1.29 is 22.0 Å². The highest BCUT2D eigenvalue weighted by atomic mass is 32.2. The first-order valence-electron chi connectivity index (χ1n) is 6.74. The first-order valence-corrected chi connectivity index (χ1v) is 9.45. The van der Waals surface area contributed by atoms with Crippen molar-refractivity contribution in [1.29, 1.82) is 0 Å². The Morgan fingerprint density at radius 1 is 1.04 bits per heavy atom. The van der Waals surface area contributed by atoms with Crippen molar-refractivity contribution in [1.82, 2.24) is 0 Å². The minimum Gasteiger partial charge on any atom is -0.289 e. The molecular weight excluding hydrogens is 356 g/mol. The molecule has 124 valence electrons. The van der Waals surface area contributed by atoms with Crippen molar-refractivity contribution in [3.63, 3.8) is 0 Å². The standard InChI is InChI=1S/C16H11F2NO3S2/c1-24(21,22)19-13-6-9-2-4-14(20)11(9)8-16(13)23-15-5-3-10(17)7-12(15)18/h2-8,19H,1H3. The van der Waals surface area contributed by atoms with Crippen molar-refractivity contribution in [3.05, 3.63) is 59.2 Å². The van der Waals surface area contributed by atoms with Crippen molar-refractivity contribution in [3.8, 4) is 0 Å². The molecule has 0 atom stereocenters. The molecule has 0 bridgehead atoms. The van der Waals surface area contributed by atoms with E-state index in [1.807, 2.05) is 0 Å². The molecule has 2 aromatic carbocycles. The Hall–Kier alpha value is -2.19. The number of hydrogen-bond donors (Lipinski definition) is 1. The lowest BCUT2D eigenvalue weighted by molar-refractivity contribution is 0.105. The molecule has 2 aromatic rings. The first kappa shape index (κ1) is 16.7. The van der Waals surface area contributed by atoms with Crippen LogP contribution in [0.15, 0.2) is 46.2 Å². The molecule has 3 rings (SSSR count). The van der Waals surface area contributed by atoms with Gasteiger partial charge in [-0.3, -0.25) is 9.52 Å². The van der Waals surface area contributed by atoms with Crippen LogP contribution in [0.2, 0.25) is 0 Å². The van der Waals surface area contributed by atoms with E-state index in [2.05, 4.69) is 4.72 Å². The summed E-state index contributed by atoms with van der Waals surface area (Å²) in [7, 11) is -3.57. The number of anilines is 1. The number of hydrogen-bond acceptors (Lipinski definition) is 4. The van der Waals surface area contributed by atoms with E-state index in [4.69, 9.17) is 0 Å². The fourth-order valence-electron chi connectivity index (χ4n) is 2.24. The molecule has 0 aliphatic heterocycles. The van der Waals surface area contributed by atoms with Crippen LogP contribution in [-0.2, 0) is 10.0 Å². The number of benzene rings is 2. The minimum atomic E-state index is -3.57. The van der Waals surface area contributed by atoms with E-state index in [-0.39, 0.29) is 16.4 Å². The average Bonchev–Trinajstić information content (AvgIpc) is 2.81. The fraction of sp³-hybridized carbons (Fsp3) is 0.0625. The summed E-state index contributed by atoms with van der Waals surface area (Å²) in [5.41, 5.74) is 1.21. The van der Waals surface area contributed by atoms with Crippen LogP contribution in [0.25, 0.3) is 6.08 Å². The van der Waals surface area contributed by atoms with Crippen LogP contribution in [0.1, 0.15) is 15.9 Å². The second-order valence-corrected chi connectivity index (χ2v) is 8.02. The van der Waals surface area contributed by atoms with Crippen LogP contribution in [0.4, 0.5) is 14.5 Å². The normalized spacial score (nSPS) is 13.2. The van der Waals surface area contributed by atoms with E-state index in [1.165, 1.54) is 24.3 Å². The number of carbonyl (C=O) groups is 1. The SMILES string of the molecule is CS(=O)(=O)Nc1cc2c(cc1Sc1ccc(F)cc1F)C(=O)C=C2. The maximum absolute atomic E-state index is 13.9. The van der Waals surface area contributed by atoms with Crippen LogP contribution in [0.5, 0.6) is 0 Å². The van der Waals surface area contributed by atoms with Gasteiger partial charge in [-0.15, -0.1) is 0 Å². The molecule has 8 heteroatoms. The number of rotatable bonds is 4. The Kier molecular flexibility index (Phi) is 4.18. The van der Waals surface area contributed by atoms with E-state index in [0.717, 1.165) is 30.2 Å². The van der Waals surface area contributed by atoms with Gasteiger partial charge in [0.15, 0.2) is 5.78 Å². The topological polar surface area (TPSA) is 63.2 Å². The van der Waals surface area contributed by atoms with Gasteiger partial charge in [0, 0.05) is 21.4 Å². The molecule has 0 aromatic heterocycles. The zero-order chi connectivity index (χ0) is 17.5. The average molecular weight is 367 g/mol. The summed E-state index contributed by atoms with van der Waals surface area (Å²) in [5, 5.41) is 0. The molecule has 1 aliphatic rings. The van der Waals surface area contributed by atoms with Gasteiger partial charge in [0.25, 0.3) is 0 Å². The quantitative estimate of drug-likeness (QED) is 0.895. The summed E-state index contributed by atoms with van der Waals surface area (Å²) in [5.74, 6) is -1.69.